The molecular formula is C13H19N3O4. The van der Waals surface area contributed by atoms with Crippen molar-refractivity contribution in [2.75, 3.05) is 33.4 Å². The van der Waals surface area contributed by atoms with Gasteiger partial charge in [0.05, 0.1) is 11.5 Å². The Morgan fingerprint density at radius 1 is 1.35 bits per heavy atom. The van der Waals surface area contributed by atoms with E-state index in [0.29, 0.717) is 37.4 Å². The summed E-state index contributed by atoms with van der Waals surface area (Å²) in [5.41, 5.74) is 0.780. The fourth-order valence-electron chi connectivity index (χ4n) is 1.61. The first-order valence-electron chi connectivity index (χ1n) is 6.29. The van der Waals surface area contributed by atoms with Gasteiger partial charge in [-0.2, -0.15) is 0 Å². The lowest BCUT2D eigenvalue weighted by atomic mass is 10.1. The summed E-state index contributed by atoms with van der Waals surface area (Å²) in [4.78, 5) is 22.2. The number of rotatable bonds is 8. The molecule has 0 heterocycles. The molecule has 0 saturated heterocycles. The summed E-state index contributed by atoms with van der Waals surface area (Å²) in [5, 5.41) is 16.6. The lowest BCUT2D eigenvalue weighted by Crippen LogP contribution is -2.33. The molecule has 7 nitrogen and oxygen atoms in total. The van der Waals surface area contributed by atoms with Gasteiger partial charge in [0.25, 0.3) is 11.6 Å². The maximum Gasteiger partial charge on any atom is 0.273 e. The fraction of sp³-hybridized carbons (Fsp3) is 0.462. The lowest BCUT2D eigenvalue weighted by molar-refractivity contribution is -0.385. The van der Waals surface area contributed by atoms with Crippen LogP contribution >= 0.6 is 0 Å². The van der Waals surface area contributed by atoms with E-state index in [1.807, 2.05) is 0 Å². The normalized spacial score (nSPS) is 10.3. The van der Waals surface area contributed by atoms with Crippen LogP contribution in [0.25, 0.3) is 0 Å². The highest BCUT2D eigenvalue weighted by Gasteiger charge is 2.14. The molecule has 0 spiro atoms. The molecular weight excluding hydrogens is 262 g/mol. The number of hydrogen-bond acceptors (Lipinski definition) is 5. The number of nitrogens with zero attached hydrogens (tertiary/aromatic N) is 1. The second-order valence-corrected chi connectivity index (χ2v) is 4.26. The lowest BCUT2D eigenvalue weighted by Gasteiger charge is -2.07. The molecule has 0 atom stereocenters. The smallest absolute Gasteiger partial charge is 0.273 e. The van der Waals surface area contributed by atoms with Crippen LogP contribution in [0, 0.1) is 17.0 Å². The van der Waals surface area contributed by atoms with Gasteiger partial charge in [-0.3, -0.25) is 14.9 Å². The minimum Gasteiger partial charge on any atom is -0.383 e. The van der Waals surface area contributed by atoms with E-state index < -0.39 is 4.92 Å². The molecule has 7 heteroatoms. The molecule has 20 heavy (non-hydrogen) atoms. The van der Waals surface area contributed by atoms with Crippen molar-refractivity contribution < 1.29 is 14.5 Å². The number of nitrogens with one attached hydrogen (secondary N) is 2. The zero-order valence-corrected chi connectivity index (χ0v) is 11.6. The molecule has 0 aliphatic heterocycles. The minimum atomic E-state index is -0.488. The SMILES string of the molecule is COCCNCCNC(=O)c1ccc(C)c([N+](=O)[O-])c1. The highest BCUT2D eigenvalue weighted by Crippen LogP contribution is 2.18. The standard InChI is InChI=1S/C13H19N3O4/c1-10-3-4-11(9-12(10)16(18)19)13(17)15-6-5-14-7-8-20-2/h3-4,9,14H,5-8H2,1-2H3,(H,15,17). The maximum atomic E-state index is 11.8. The number of carbonyl (C=O) groups is 1. The van der Waals surface area contributed by atoms with Crippen molar-refractivity contribution in [2.24, 2.45) is 0 Å². The third kappa shape index (κ3) is 4.94. The summed E-state index contributed by atoms with van der Waals surface area (Å²) in [7, 11) is 1.62. The van der Waals surface area contributed by atoms with Crippen LogP contribution in [0.1, 0.15) is 15.9 Å². The zero-order valence-electron chi connectivity index (χ0n) is 11.6. The summed E-state index contributed by atoms with van der Waals surface area (Å²) in [5.74, 6) is -0.318. The van der Waals surface area contributed by atoms with Crippen molar-refractivity contribution in [1.82, 2.24) is 10.6 Å². The molecule has 0 bridgehead atoms. The van der Waals surface area contributed by atoms with Crippen molar-refractivity contribution in [3.63, 3.8) is 0 Å². The molecule has 0 radical (unpaired) electrons. The Hall–Kier alpha value is -1.99. The number of methoxy groups -OCH3 is 1. The molecule has 1 rings (SSSR count). The van der Waals surface area contributed by atoms with Crippen molar-refractivity contribution in [1.29, 1.82) is 0 Å². The Labute approximate surface area is 117 Å². The Balaban J connectivity index is 2.47. The van der Waals surface area contributed by atoms with Crippen LogP contribution in [-0.2, 0) is 4.74 Å². The molecule has 1 amide bonds. The van der Waals surface area contributed by atoms with Crippen molar-refractivity contribution in [2.45, 2.75) is 6.92 Å². The minimum absolute atomic E-state index is 0.0455. The Morgan fingerprint density at radius 2 is 2.10 bits per heavy atom. The molecule has 1 aromatic rings. The Bertz CT molecular complexity index is 477. The largest absolute Gasteiger partial charge is 0.383 e. The van der Waals surface area contributed by atoms with Crippen LogP contribution in [-0.4, -0.2) is 44.2 Å². The number of aryl methyl sites for hydroxylation is 1. The summed E-state index contributed by atoms with van der Waals surface area (Å²) >= 11 is 0. The summed E-state index contributed by atoms with van der Waals surface area (Å²) in [6, 6.07) is 4.45. The molecule has 110 valence electrons. The van der Waals surface area contributed by atoms with Gasteiger partial charge in [0.1, 0.15) is 0 Å². The van der Waals surface area contributed by atoms with Gasteiger partial charge < -0.3 is 15.4 Å². The van der Waals surface area contributed by atoms with Crippen LogP contribution in [0.5, 0.6) is 0 Å². The number of hydrogen-bond donors (Lipinski definition) is 2. The fourth-order valence-corrected chi connectivity index (χ4v) is 1.61. The van der Waals surface area contributed by atoms with Crippen LogP contribution in [0.4, 0.5) is 5.69 Å². The van der Waals surface area contributed by atoms with Crippen molar-refractivity contribution >= 4 is 11.6 Å². The monoisotopic (exact) mass is 281 g/mol. The van der Waals surface area contributed by atoms with Crippen molar-refractivity contribution in [3.8, 4) is 0 Å². The van der Waals surface area contributed by atoms with Crippen LogP contribution in [0.3, 0.4) is 0 Å². The van der Waals surface area contributed by atoms with E-state index in [1.54, 1.807) is 26.2 Å². The predicted molar refractivity (Wildman–Crippen MR) is 74.9 cm³/mol. The van der Waals surface area contributed by atoms with Gasteiger partial charge >= 0.3 is 0 Å². The molecule has 0 saturated carbocycles. The highest BCUT2D eigenvalue weighted by molar-refractivity contribution is 5.94. The number of nitro groups is 1. The molecule has 1 aromatic carbocycles. The van der Waals surface area contributed by atoms with E-state index in [2.05, 4.69) is 10.6 Å². The predicted octanol–water partition coefficient (Wildman–Crippen LogP) is 0.869. The Kier molecular flexibility index (Phi) is 6.61. The van der Waals surface area contributed by atoms with E-state index in [-0.39, 0.29) is 11.6 Å². The van der Waals surface area contributed by atoms with Crippen LogP contribution in [0.15, 0.2) is 18.2 Å². The van der Waals surface area contributed by atoms with Gasteiger partial charge in [0.2, 0.25) is 0 Å². The summed E-state index contributed by atoms with van der Waals surface area (Å²) < 4.78 is 4.87. The maximum absolute atomic E-state index is 11.8. The van der Waals surface area contributed by atoms with E-state index >= 15 is 0 Å². The molecule has 2 N–H and O–H groups in total. The van der Waals surface area contributed by atoms with E-state index in [0.717, 1.165) is 0 Å². The second kappa shape index (κ2) is 8.23. The zero-order chi connectivity index (χ0) is 15.0. The van der Waals surface area contributed by atoms with Gasteiger partial charge in [0, 0.05) is 43.9 Å². The third-order valence-corrected chi connectivity index (χ3v) is 2.74. The van der Waals surface area contributed by atoms with Crippen LogP contribution in [0.2, 0.25) is 0 Å². The number of benzene rings is 1. The number of amides is 1. The topological polar surface area (TPSA) is 93.5 Å². The van der Waals surface area contributed by atoms with Gasteiger partial charge in [-0.15, -0.1) is 0 Å². The molecule has 0 aliphatic carbocycles. The molecule has 0 unspecified atom stereocenters. The Morgan fingerprint density at radius 3 is 2.75 bits per heavy atom. The molecule has 0 fully saturated rings. The van der Waals surface area contributed by atoms with Gasteiger partial charge in [-0.05, 0) is 13.0 Å². The highest BCUT2D eigenvalue weighted by atomic mass is 16.6. The van der Waals surface area contributed by atoms with Crippen LogP contribution < -0.4 is 10.6 Å². The van der Waals surface area contributed by atoms with Gasteiger partial charge in [-0.25, -0.2) is 0 Å². The average Bonchev–Trinajstić information content (AvgIpc) is 2.42. The first-order valence-corrected chi connectivity index (χ1v) is 6.29. The number of nitro benzene ring substituents is 1. The summed E-state index contributed by atoms with van der Waals surface area (Å²) in [6.45, 7) is 4.02. The third-order valence-electron chi connectivity index (χ3n) is 2.74. The number of carbonyl (C=O) groups excluding carboxylic acids is 1. The molecule has 0 aromatic heterocycles. The van der Waals surface area contributed by atoms with Gasteiger partial charge in [0.15, 0.2) is 0 Å². The van der Waals surface area contributed by atoms with Crippen molar-refractivity contribution in [3.05, 3.63) is 39.4 Å². The summed E-state index contributed by atoms with van der Waals surface area (Å²) in [6.07, 6.45) is 0. The van der Waals surface area contributed by atoms with Gasteiger partial charge in [-0.1, -0.05) is 6.07 Å². The average molecular weight is 281 g/mol. The first kappa shape index (κ1) is 16.1. The molecule has 0 aliphatic rings. The number of ether oxygens (including phenoxy) is 1. The van der Waals surface area contributed by atoms with E-state index in [4.69, 9.17) is 4.74 Å². The first-order chi connectivity index (χ1) is 9.56. The quantitative estimate of drug-likeness (QED) is 0.419. The van der Waals surface area contributed by atoms with E-state index in [9.17, 15) is 14.9 Å². The second-order valence-electron chi connectivity index (χ2n) is 4.26. The van der Waals surface area contributed by atoms with E-state index in [1.165, 1.54) is 6.07 Å².